The quantitative estimate of drug-likeness (QED) is 0.795. The Morgan fingerprint density at radius 1 is 0.769 bits per heavy atom. The molecule has 132 valence electrons. The summed E-state index contributed by atoms with van der Waals surface area (Å²) in [5.74, 6) is 3.01. The van der Waals surface area contributed by atoms with Crippen molar-refractivity contribution in [2.24, 2.45) is 34.5 Å². The summed E-state index contributed by atoms with van der Waals surface area (Å²) < 4.78 is 5.31. The SMILES string of the molecule is O=c1n(-c2ccccc2)c(=O)n2n1[C@H]1[C@H]3C4C5[C@]16CCCCC[C@]56[C@@H]2[C@@H]43. The highest BCUT2D eigenvalue weighted by molar-refractivity contribution is 5.49. The van der Waals surface area contributed by atoms with Gasteiger partial charge in [-0.15, -0.1) is 0 Å². The van der Waals surface area contributed by atoms with Gasteiger partial charge in [0.15, 0.2) is 0 Å². The maximum absolute atomic E-state index is 13.4. The summed E-state index contributed by atoms with van der Waals surface area (Å²) >= 11 is 0. The monoisotopic (exact) mass is 347 g/mol. The van der Waals surface area contributed by atoms with Gasteiger partial charge in [-0.25, -0.2) is 23.5 Å². The normalized spacial score (nSPS) is 50.2. The van der Waals surface area contributed by atoms with Crippen LogP contribution in [0.3, 0.4) is 0 Å². The van der Waals surface area contributed by atoms with Gasteiger partial charge >= 0.3 is 11.4 Å². The van der Waals surface area contributed by atoms with Crippen molar-refractivity contribution in [1.82, 2.24) is 13.9 Å². The van der Waals surface area contributed by atoms with E-state index in [0.29, 0.717) is 40.4 Å². The van der Waals surface area contributed by atoms with Crippen LogP contribution in [0, 0.1) is 34.5 Å². The minimum Gasteiger partial charge on any atom is -0.245 e. The van der Waals surface area contributed by atoms with E-state index in [2.05, 4.69) is 0 Å². The van der Waals surface area contributed by atoms with Gasteiger partial charge in [-0.1, -0.05) is 37.5 Å². The predicted octanol–water partition coefficient (Wildman–Crippen LogP) is 2.35. The summed E-state index contributed by atoms with van der Waals surface area (Å²) in [6, 6.07) is 10.1. The van der Waals surface area contributed by atoms with Gasteiger partial charge in [-0.3, -0.25) is 0 Å². The molecule has 0 N–H and O–H groups in total. The summed E-state index contributed by atoms with van der Waals surface area (Å²) in [6.45, 7) is 0. The zero-order valence-corrected chi connectivity index (χ0v) is 14.5. The number of nitrogens with zero attached hydrogens (tertiary/aromatic N) is 3. The molecule has 26 heavy (non-hydrogen) atoms. The van der Waals surface area contributed by atoms with Crippen molar-refractivity contribution in [3.63, 3.8) is 0 Å². The molecule has 3 heterocycles. The second-order valence-corrected chi connectivity index (χ2v) is 9.67. The molecule has 1 aromatic heterocycles. The highest BCUT2D eigenvalue weighted by atomic mass is 16.2. The van der Waals surface area contributed by atoms with Gasteiger partial charge in [0.1, 0.15) is 0 Å². The number of hydrogen-bond acceptors (Lipinski definition) is 2. The number of aromatic nitrogens is 3. The van der Waals surface area contributed by atoms with Gasteiger partial charge < -0.3 is 0 Å². The van der Waals surface area contributed by atoms with Crippen LogP contribution in [0.25, 0.3) is 5.69 Å². The van der Waals surface area contributed by atoms with Gasteiger partial charge in [-0.05, 0) is 48.6 Å². The molecule has 0 saturated heterocycles. The Hall–Kier alpha value is -2.04. The molecule has 0 unspecified atom stereocenters. The van der Waals surface area contributed by atoms with E-state index in [1.165, 1.54) is 36.7 Å². The van der Waals surface area contributed by atoms with Crippen LogP contribution < -0.4 is 11.4 Å². The number of benzene rings is 1. The van der Waals surface area contributed by atoms with Gasteiger partial charge in [0, 0.05) is 10.8 Å². The molecule has 9 rings (SSSR count). The first-order valence-corrected chi connectivity index (χ1v) is 10.3. The Morgan fingerprint density at radius 2 is 1.35 bits per heavy atom. The van der Waals surface area contributed by atoms with Gasteiger partial charge in [-0.2, -0.15) is 0 Å². The van der Waals surface area contributed by atoms with Gasteiger partial charge in [0.25, 0.3) is 0 Å². The van der Waals surface area contributed by atoms with Crippen LogP contribution in [0.1, 0.15) is 44.2 Å². The Bertz CT molecular complexity index is 1060. The lowest BCUT2D eigenvalue weighted by Gasteiger charge is -2.48. The highest BCUT2D eigenvalue weighted by Gasteiger charge is 3.02. The molecular weight excluding hydrogens is 326 g/mol. The summed E-state index contributed by atoms with van der Waals surface area (Å²) in [5, 5.41) is 0. The Labute approximate surface area is 150 Å². The third kappa shape index (κ3) is 0.946. The molecule has 6 atom stereocenters. The molecule has 5 nitrogen and oxygen atoms in total. The maximum Gasteiger partial charge on any atom is 0.352 e. The molecule has 5 heteroatoms. The summed E-state index contributed by atoms with van der Waals surface area (Å²) in [4.78, 5) is 26.8. The van der Waals surface area contributed by atoms with Crippen LogP contribution in [-0.2, 0) is 0 Å². The topological polar surface area (TPSA) is 48.9 Å². The first-order chi connectivity index (χ1) is 12.7. The number of hydrogen-bond donors (Lipinski definition) is 0. The van der Waals surface area contributed by atoms with Crippen LogP contribution >= 0.6 is 0 Å². The van der Waals surface area contributed by atoms with Crippen molar-refractivity contribution in [3.8, 4) is 5.69 Å². The van der Waals surface area contributed by atoms with E-state index in [4.69, 9.17) is 0 Å². The van der Waals surface area contributed by atoms with E-state index in [9.17, 15) is 9.59 Å². The summed E-state index contributed by atoms with van der Waals surface area (Å²) in [7, 11) is 0. The van der Waals surface area contributed by atoms with Crippen LogP contribution in [0.5, 0.6) is 0 Å². The molecule has 2 aliphatic heterocycles. The van der Waals surface area contributed by atoms with Crippen molar-refractivity contribution < 1.29 is 0 Å². The molecule has 0 radical (unpaired) electrons. The van der Waals surface area contributed by atoms with Crippen molar-refractivity contribution in [3.05, 3.63) is 51.3 Å². The fourth-order valence-electron chi connectivity index (χ4n) is 9.27. The molecule has 5 aliphatic carbocycles. The van der Waals surface area contributed by atoms with Crippen LogP contribution in [0.2, 0.25) is 0 Å². The first kappa shape index (κ1) is 13.2. The Morgan fingerprint density at radius 3 is 1.92 bits per heavy atom. The third-order valence-corrected chi connectivity index (χ3v) is 9.48. The number of rotatable bonds is 1. The van der Waals surface area contributed by atoms with E-state index < -0.39 is 0 Å². The smallest absolute Gasteiger partial charge is 0.245 e. The van der Waals surface area contributed by atoms with E-state index in [-0.39, 0.29) is 11.4 Å². The van der Waals surface area contributed by atoms with E-state index in [1.54, 1.807) is 0 Å². The third-order valence-electron chi connectivity index (χ3n) is 9.48. The van der Waals surface area contributed by atoms with E-state index >= 15 is 0 Å². The summed E-state index contributed by atoms with van der Waals surface area (Å²) in [5.41, 5.74) is 1.23. The van der Waals surface area contributed by atoms with E-state index in [0.717, 1.165) is 11.8 Å². The Kier molecular flexibility index (Phi) is 1.79. The second kappa shape index (κ2) is 3.54. The standard InChI is InChI=1S/C21H21N3O2/c25-18-22(11-7-3-1-4-8-11)19(26)24-17-14-12-13(14)16(23(18)24)20-9-5-2-6-10-21(17,20)15(12)20/h1,3-4,7-8,12-17H,2,5-6,9-10H2/t12?,13-,14-,15?,16-,17-,20+,21+/m0/s1. The molecule has 2 spiro atoms. The minimum atomic E-state index is -0.0972. The van der Waals surface area contributed by atoms with Crippen LogP contribution in [-0.4, -0.2) is 13.9 Å². The molecule has 5 fully saturated rings. The van der Waals surface area contributed by atoms with Crippen molar-refractivity contribution >= 4 is 0 Å². The van der Waals surface area contributed by atoms with Crippen LogP contribution in [0.4, 0.5) is 0 Å². The van der Waals surface area contributed by atoms with Gasteiger partial charge in [0.2, 0.25) is 0 Å². The molecule has 2 aromatic rings. The molecule has 0 amide bonds. The van der Waals surface area contributed by atoms with Crippen LogP contribution in [0.15, 0.2) is 39.9 Å². The predicted molar refractivity (Wildman–Crippen MR) is 94.3 cm³/mol. The second-order valence-electron chi connectivity index (χ2n) is 9.67. The first-order valence-electron chi connectivity index (χ1n) is 10.3. The van der Waals surface area contributed by atoms with Crippen molar-refractivity contribution in [2.75, 3.05) is 0 Å². The lowest BCUT2D eigenvalue weighted by atomic mass is 9.69. The highest BCUT2D eigenvalue weighted by Crippen LogP contribution is 3.04. The molecule has 7 aliphatic rings. The minimum absolute atomic E-state index is 0.0972. The fourth-order valence-corrected chi connectivity index (χ4v) is 9.27. The van der Waals surface area contributed by atoms with Gasteiger partial charge in [0.05, 0.1) is 17.8 Å². The largest absolute Gasteiger partial charge is 0.352 e. The van der Waals surface area contributed by atoms with E-state index in [1.807, 2.05) is 39.7 Å². The zero-order chi connectivity index (χ0) is 17.0. The van der Waals surface area contributed by atoms with Crippen molar-refractivity contribution in [2.45, 2.75) is 44.2 Å². The van der Waals surface area contributed by atoms with Crippen molar-refractivity contribution in [1.29, 1.82) is 0 Å². The molecular formula is C21H21N3O2. The average Bonchev–Trinajstić information content (AvgIpc) is 3.42. The average molecular weight is 347 g/mol. The fraction of sp³-hybridized carbons (Fsp3) is 0.619. The molecule has 5 saturated carbocycles. The lowest BCUT2D eigenvalue weighted by molar-refractivity contribution is -0.00428. The zero-order valence-electron chi connectivity index (χ0n) is 14.5. The molecule has 2 bridgehead atoms. The number of para-hydroxylation sites is 1. The molecule has 1 aromatic carbocycles. The summed E-state index contributed by atoms with van der Waals surface area (Å²) in [6.07, 6.45) is 6.52. The maximum atomic E-state index is 13.4. The lowest BCUT2D eigenvalue weighted by Crippen LogP contribution is -2.52. The Balaban J connectivity index is 1.45.